The second-order valence-electron chi connectivity index (χ2n) is 10.3. The lowest BCUT2D eigenvalue weighted by Gasteiger charge is -2.37. The Morgan fingerprint density at radius 1 is 0.952 bits per heavy atom. The van der Waals surface area contributed by atoms with Gasteiger partial charge < -0.3 is 19.6 Å². The van der Waals surface area contributed by atoms with Crippen molar-refractivity contribution in [2.75, 3.05) is 60.2 Å². The van der Waals surface area contributed by atoms with Gasteiger partial charge >= 0.3 is 0 Å². The molecule has 1 atom stereocenters. The first-order chi connectivity index (χ1) is 20.0. The molecule has 1 unspecified atom stereocenters. The van der Waals surface area contributed by atoms with E-state index in [9.17, 15) is 13.5 Å². The van der Waals surface area contributed by atoms with Gasteiger partial charge in [0.1, 0.15) is 30.6 Å². The number of hydrogen-bond donors (Lipinski definition) is 1. The van der Waals surface area contributed by atoms with Crippen LogP contribution >= 0.6 is 23.2 Å². The molecule has 0 amide bonds. The molecule has 4 aromatic rings. The number of piperazine rings is 1. The van der Waals surface area contributed by atoms with Gasteiger partial charge in [-0.25, -0.2) is 18.1 Å². The fraction of sp³-hybridized carbons (Fsp3) is 0.310. The lowest BCUT2D eigenvalue weighted by atomic mass is 9.94. The second kappa shape index (κ2) is 12.4. The van der Waals surface area contributed by atoms with Gasteiger partial charge in [-0.1, -0.05) is 29.3 Å². The molecule has 0 aliphatic carbocycles. The van der Waals surface area contributed by atoms with E-state index in [-0.39, 0.29) is 13.2 Å². The molecule has 1 saturated heterocycles. The van der Waals surface area contributed by atoms with Gasteiger partial charge in [0.25, 0.3) is 0 Å². The first kappa shape index (κ1) is 30.0. The average Bonchev–Trinajstić information content (AvgIpc) is 3.48. The number of sulfonamides is 1. The fourth-order valence-corrected chi connectivity index (χ4v) is 5.99. The highest BCUT2D eigenvalue weighted by Gasteiger charge is 2.34. The molecule has 2 heterocycles. The SMILES string of the molecule is CN(c1ccc(N2CCN(c3ccc(OCC(O)(Cn4cncn4)c4ccc(Cl)cc4Cl)cc3)CC2)cc1)S(C)(=O)=O. The number of benzene rings is 3. The van der Waals surface area contributed by atoms with Crippen LogP contribution in [0.15, 0.2) is 79.4 Å². The normalized spacial score (nSPS) is 15.4. The Bertz CT molecular complexity index is 1600. The van der Waals surface area contributed by atoms with E-state index in [0.717, 1.165) is 37.6 Å². The van der Waals surface area contributed by atoms with Crippen LogP contribution in [0.4, 0.5) is 17.1 Å². The maximum absolute atomic E-state index is 11.8. The summed E-state index contributed by atoms with van der Waals surface area (Å²) >= 11 is 12.5. The minimum absolute atomic E-state index is 0.0645. The van der Waals surface area contributed by atoms with E-state index in [4.69, 9.17) is 27.9 Å². The third-order valence-electron chi connectivity index (χ3n) is 7.36. The highest BCUT2D eigenvalue weighted by atomic mass is 35.5. The topological polar surface area (TPSA) is 104 Å². The molecule has 42 heavy (non-hydrogen) atoms. The van der Waals surface area contributed by atoms with E-state index in [1.165, 1.54) is 27.9 Å². The molecular weight excluding hydrogens is 599 g/mol. The zero-order valence-corrected chi connectivity index (χ0v) is 25.6. The molecule has 0 spiro atoms. The minimum Gasteiger partial charge on any atom is -0.490 e. The maximum Gasteiger partial charge on any atom is 0.231 e. The Hall–Kier alpha value is -3.51. The van der Waals surface area contributed by atoms with Gasteiger partial charge in [-0.15, -0.1) is 0 Å². The predicted octanol–water partition coefficient (Wildman–Crippen LogP) is 4.27. The van der Waals surface area contributed by atoms with Crippen LogP contribution in [0.25, 0.3) is 0 Å². The van der Waals surface area contributed by atoms with Crippen molar-refractivity contribution in [2.45, 2.75) is 12.1 Å². The van der Waals surface area contributed by atoms with Gasteiger partial charge in [-0.2, -0.15) is 5.10 Å². The summed E-state index contributed by atoms with van der Waals surface area (Å²) in [5, 5.41) is 16.6. The maximum atomic E-state index is 11.8. The zero-order valence-electron chi connectivity index (χ0n) is 23.3. The summed E-state index contributed by atoms with van der Waals surface area (Å²) in [5.74, 6) is 0.610. The Balaban J connectivity index is 1.20. The minimum atomic E-state index is -3.30. The summed E-state index contributed by atoms with van der Waals surface area (Å²) in [6.07, 6.45) is 4.12. The smallest absolute Gasteiger partial charge is 0.231 e. The quantitative estimate of drug-likeness (QED) is 0.277. The number of ether oxygens (including phenoxy) is 1. The van der Waals surface area contributed by atoms with Crippen molar-refractivity contribution in [3.8, 4) is 5.75 Å². The van der Waals surface area contributed by atoms with Crippen molar-refractivity contribution in [3.63, 3.8) is 0 Å². The molecule has 222 valence electrons. The summed E-state index contributed by atoms with van der Waals surface area (Å²) in [4.78, 5) is 8.56. The number of rotatable bonds is 10. The van der Waals surface area contributed by atoms with Crippen molar-refractivity contribution >= 4 is 50.3 Å². The van der Waals surface area contributed by atoms with Gasteiger partial charge in [0.15, 0.2) is 0 Å². The van der Waals surface area contributed by atoms with Crippen LogP contribution in [0.5, 0.6) is 5.75 Å². The highest BCUT2D eigenvalue weighted by Crippen LogP contribution is 2.33. The number of aromatic nitrogens is 3. The zero-order chi connectivity index (χ0) is 29.9. The van der Waals surface area contributed by atoms with Crippen LogP contribution in [0.3, 0.4) is 0 Å². The Labute approximate surface area is 255 Å². The van der Waals surface area contributed by atoms with Gasteiger partial charge in [0, 0.05) is 60.2 Å². The Kier molecular flexibility index (Phi) is 8.84. The van der Waals surface area contributed by atoms with E-state index in [0.29, 0.717) is 27.0 Å². The molecule has 0 saturated carbocycles. The van der Waals surface area contributed by atoms with Crippen LogP contribution < -0.4 is 18.8 Å². The van der Waals surface area contributed by atoms with Crippen molar-refractivity contribution in [1.82, 2.24) is 14.8 Å². The molecule has 5 rings (SSSR count). The van der Waals surface area contributed by atoms with Crippen LogP contribution in [0.2, 0.25) is 10.0 Å². The van der Waals surface area contributed by atoms with Crippen molar-refractivity contribution < 1.29 is 18.3 Å². The van der Waals surface area contributed by atoms with E-state index >= 15 is 0 Å². The molecule has 1 aliphatic rings. The molecule has 13 heteroatoms. The summed E-state index contributed by atoms with van der Waals surface area (Å²) in [5.41, 5.74) is 1.77. The van der Waals surface area contributed by atoms with Gasteiger partial charge in [-0.05, 0) is 60.7 Å². The molecule has 1 N–H and O–H groups in total. The lowest BCUT2D eigenvalue weighted by molar-refractivity contribution is -0.0269. The molecule has 1 fully saturated rings. The van der Waals surface area contributed by atoms with E-state index in [1.54, 1.807) is 25.2 Å². The van der Waals surface area contributed by atoms with E-state index in [1.807, 2.05) is 48.5 Å². The van der Waals surface area contributed by atoms with Crippen LogP contribution in [-0.2, 0) is 22.2 Å². The molecule has 0 radical (unpaired) electrons. The number of hydrogen-bond acceptors (Lipinski definition) is 8. The molecular formula is C29H32Cl2N6O4S. The van der Waals surface area contributed by atoms with Gasteiger partial charge in [-0.3, -0.25) is 4.31 Å². The summed E-state index contributed by atoms with van der Waals surface area (Å²) < 4.78 is 32.5. The van der Waals surface area contributed by atoms with Crippen molar-refractivity contribution in [2.24, 2.45) is 0 Å². The van der Waals surface area contributed by atoms with Crippen LogP contribution in [0, 0.1) is 0 Å². The third kappa shape index (κ3) is 6.92. The molecule has 3 aromatic carbocycles. The summed E-state index contributed by atoms with van der Waals surface area (Å²) in [6, 6.07) is 20.3. The van der Waals surface area contributed by atoms with Gasteiger partial charge in [0.2, 0.25) is 10.0 Å². The van der Waals surface area contributed by atoms with E-state index in [2.05, 4.69) is 19.9 Å². The first-order valence-electron chi connectivity index (χ1n) is 13.3. The summed E-state index contributed by atoms with van der Waals surface area (Å²) in [7, 11) is -1.75. The molecule has 10 nitrogen and oxygen atoms in total. The summed E-state index contributed by atoms with van der Waals surface area (Å²) in [6.45, 7) is 3.35. The van der Waals surface area contributed by atoms with Gasteiger partial charge in [0.05, 0.1) is 18.5 Å². The van der Waals surface area contributed by atoms with Crippen molar-refractivity contribution in [3.05, 3.63) is 95.0 Å². The predicted molar refractivity (Wildman–Crippen MR) is 166 cm³/mol. The number of anilines is 3. The fourth-order valence-electron chi connectivity index (χ4n) is 4.90. The first-order valence-corrected chi connectivity index (χ1v) is 15.9. The second-order valence-corrected chi connectivity index (χ2v) is 13.1. The van der Waals surface area contributed by atoms with Crippen LogP contribution in [0.1, 0.15) is 5.56 Å². The largest absolute Gasteiger partial charge is 0.490 e. The number of nitrogens with zero attached hydrogens (tertiary/aromatic N) is 6. The highest BCUT2D eigenvalue weighted by molar-refractivity contribution is 7.92. The number of halogens is 2. The molecule has 1 aliphatic heterocycles. The number of aliphatic hydroxyl groups is 1. The van der Waals surface area contributed by atoms with Crippen molar-refractivity contribution in [1.29, 1.82) is 0 Å². The Morgan fingerprint density at radius 2 is 1.55 bits per heavy atom. The third-order valence-corrected chi connectivity index (χ3v) is 9.11. The van der Waals surface area contributed by atoms with Crippen LogP contribution in [-0.4, -0.2) is 74.4 Å². The average molecular weight is 632 g/mol. The Morgan fingerprint density at radius 3 is 2.07 bits per heavy atom. The lowest BCUT2D eigenvalue weighted by Crippen LogP contribution is -2.46. The standard InChI is InChI=1S/C29H32Cl2N6O4S/c1-34(42(2,39)40)23-4-6-24(7-5-23)35-13-15-36(16-14-35)25-8-10-26(11-9-25)41-19-29(38,18-37-21-32-20-33-37)27-12-3-22(30)17-28(27)31/h3-12,17,20-21,38H,13-16,18-19H2,1-2H3. The van der Waals surface area contributed by atoms with E-state index < -0.39 is 15.6 Å². The monoisotopic (exact) mass is 630 g/mol. The molecule has 0 bridgehead atoms. The molecule has 1 aromatic heterocycles.